The highest BCUT2D eigenvalue weighted by molar-refractivity contribution is 5.86. The number of carboxylic acid groups (broad SMARTS) is 1. The van der Waals surface area contributed by atoms with Crippen molar-refractivity contribution in [3.63, 3.8) is 0 Å². The van der Waals surface area contributed by atoms with E-state index in [0.717, 1.165) is 18.9 Å². The molecule has 1 saturated carbocycles. The monoisotopic (exact) mass is 207 g/mol. The fourth-order valence-corrected chi connectivity index (χ4v) is 1.56. The number of nitrogens with zero attached hydrogens (tertiary/aromatic N) is 1. The lowest BCUT2D eigenvalue weighted by Crippen LogP contribution is -2.16. The third-order valence-corrected chi connectivity index (χ3v) is 2.70. The first-order valence-corrected chi connectivity index (χ1v) is 5.10. The molecule has 1 aromatic rings. The van der Waals surface area contributed by atoms with Crippen molar-refractivity contribution in [3.8, 4) is 0 Å². The van der Waals surface area contributed by atoms with Gasteiger partial charge in [-0.3, -0.25) is 4.79 Å². The minimum Gasteiger partial charge on any atom is -0.477 e. The third kappa shape index (κ3) is 2.46. The molecule has 1 N–H and O–H groups in total. The summed E-state index contributed by atoms with van der Waals surface area (Å²) in [6.07, 6.45) is 6.71. The lowest BCUT2D eigenvalue weighted by atomic mass is 10.2. The Hall–Kier alpha value is -1.58. The van der Waals surface area contributed by atoms with Crippen molar-refractivity contribution in [2.75, 3.05) is 0 Å². The molecule has 0 bridgehead atoms. The average molecular weight is 207 g/mol. The number of carboxylic acids is 1. The van der Waals surface area contributed by atoms with E-state index >= 15 is 0 Å². The molecule has 0 aromatic carbocycles. The molecule has 1 aliphatic carbocycles. The van der Waals surface area contributed by atoms with Crippen LogP contribution >= 0.6 is 0 Å². The largest absolute Gasteiger partial charge is 0.477 e. The number of aromatic nitrogens is 1. The predicted molar refractivity (Wildman–Crippen MR) is 55.0 cm³/mol. The first-order valence-electron chi connectivity index (χ1n) is 5.10. The number of aromatic carboxylic acids is 1. The van der Waals surface area contributed by atoms with Crippen LogP contribution in [0.1, 0.15) is 29.6 Å². The van der Waals surface area contributed by atoms with Crippen molar-refractivity contribution in [1.29, 1.82) is 0 Å². The summed E-state index contributed by atoms with van der Waals surface area (Å²) in [6.45, 7) is 0.797. The van der Waals surface area contributed by atoms with Gasteiger partial charge in [0.2, 0.25) is 0 Å². The molecule has 1 aliphatic rings. The highest BCUT2D eigenvalue weighted by Crippen LogP contribution is 2.32. The Labute approximate surface area is 87.2 Å². The van der Waals surface area contributed by atoms with Gasteiger partial charge in [-0.2, -0.15) is 0 Å². The van der Waals surface area contributed by atoms with Gasteiger partial charge in [0.25, 0.3) is 0 Å². The zero-order valence-electron chi connectivity index (χ0n) is 8.35. The summed E-state index contributed by atoms with van der Waals surface area (Å²) in [7, 11) is 0. The summed E-state index contributed by atoms with van der Waals surface area (Å²) < 4.78 is 1.78. The summed E-state index contributed by atoms with van der Waals surface area (Å²) in [5.41, 5.74) is -0.571. The first kappa shape index (κ1) is 9.96. The molecular weight excluding hydrogens is 194 g/mol. The maximum atomic E-state index is 11.2. The van der Waals surface area contributed by atoms with E-state index in [2.05, 4.69) is 0 Å². The summed E-state index contributed by atoms with van der Waals surface area (Å²) in [5.74, 6) is -0.349. The Morgan fingerprint density at radius 2 is 2.27 bits per heavy atom. The molecule has 0 spiro atoms. The molecule has 15 heavy (non-hydrogen) atoms. The smallest absolute Gasteiger partial charge is 0.341 e. The Morgan fingerprint density at radius 1 is 1.53 bits per heavy atom. The highest BCUT2D eigenvalue weighted by Gasteiger charge is 2.20. The van der Waals surface area contributed by atoms with Gasteiger partial charge in [-0.1, -0.05) is 12.8 Å². The maximum absolute atomic E-state index is 11.2. The molecule has 4 nitrogen and oxygen atoms in total. The molecule has 0 atom stereocenters. The molecule has 2 rings (SSSR count). The SMILES string of the molecule is O=C(O)c1cn(CCC2CC2)ccc1=O. The zero-order chi connectivity index (χ0) is 10.8. The normalized spacial score (nSPS) is 15.2. The maximum Gasteiger partial charge on any atom is 0.341 e. The Balaban J connectivity index is 2.13. The second-order valence-corrected chi connectivity index (χ2v) is 4.00. The van der Waals surface area contributed by atoms with Crippen molar-refractivity contribution < 1.29 is 9.90 Å². The molecule has 1 heterocycles. The van der Waals surface area contributed by atoms with Gasteiger partial charge in [-0.25, -0.2) is 4.79 Å². The second kappa shape index (κ2) is 3.88. The van der Waals surface area contributed by atoms with E-state index in [1.54, 1.807) is 10.8 Å². The summed E-state index contributed by atoms with van der Waals surface area (Å²) >= 11 is 0. The Bertz CT molecular complexity index is 432. The van der Waals surface area contributed by atoms with E-state index < -0.39 is 11.4 Å². The van der Waals surface area contributed by atoms with Gasteiger partial charge in [0.05, 0.1) is 0 Å². The third-order valence-electron chi connectivity index (χ3n) is 2.70. The Kier molecular flexibility index (Phi) is 2.58. The Morgan fingerprint density at radius 3 is 2.87 bits per heavy atom. The standard InChI is InChI=1S/C11H13NO3/c13-10-4-6-12(5-3-8-1-2-8)7-9(10)11(14)15/h4,6-8H,1-3,5H2,(H,14,15). The topological polar surface area (TPSA) is 59.3 Å². The predicted octanol–water partition coefficient (Wildman–Crippen LogP) is 1.35. The quantitative estimate of drug-likeness (QED) is 0.810. The molecule has 0 unspecified atom stereocenters. The molecule has 0 saturated heterocycles. The van der Waals surface area contributed by atoms with Crippen molar-refractivity contribution in [1.82, 2.24) is 4.57 Å². The summed E-state index contributed by atoms with van der Waals surface area (Å²) in [5, 5.41) is 8.77. The van der Waals surface area contributed by atoms with Crippen LogP contribution in [0.3, 0.4) is 0 Å². The van der Waals surface area contributed by atoms with Crippen LogP contribution in [0.2, 0.25) is 0 Å². The van der Waals surface area contributed by atoms with Crippen molar-refractivity contribution in [3.05, 3.63) is 34.2 Å². The number of carbonyl (C=O) groups is 1. The number of hydrogen-bond donors (Lipinski definition) is 1. The van der Waals surface area contributed by atoms with Gasteiger partial charge < -0.3 is 9.67 Å². The van der Waals surface area contributed by atoms with Gasteiger partial charge >= 0.3 is 5.97 Å². The second-order valence-electron chi connectivity index (χ2n) is 4.00. The van der Waals surface area contributed by atoms with E-state index in [-0.39, 0.29) is 5.56 Å². The van der Waals surface area contributed by atoms with E-state index in [0.29, 0.717) is 0 Å². The molecule has 0 amide bonds. The highest BCUT2D eigenvalue weighted by atomic mass is 16.4. The van der Waals surface area contributed by atoms with Gasteiger partial charge in [-0.15, -0.1) is 0 Å². The number of pyridine rings is 1. The van der Waals surface area contributed by atoms with Crippen LogP contribution in [0, 0.1) is 5.92 Å². The number of hydrogen-bond acceptors (Lipinski definition) is 2. The summed E-state index contributed by atoms with van der Waals surface area (Å²) in [4.78, 5) is 21.9. The minimum atomic E-state index is -1.15. The van der Waals surface area contributed by atoms with E-state index in [1.165, 1.54) is 25.1 Å². The van der Waals surface area contributed by atoms with Crippen LogP contribution < -0.4 is 5.43 Å². The van der Waals surface area contributed by atoms with Crippen molar-refractivity contribution >= 4 is 5.97 Å². The first-order chi connectivity index (χ1) is 7.16. The molecule has 0 aliphatic heterocycles. The molecular formula is C11H13NO3. The van der Waals surface area contributed by atoms with Gasteiger partial charge in [0, 0.05) is 25.0 Å². The molecule has 4 heteroatoms. The zero-order valence-corrected chi connectivity index (χ0v) is 8.35. The van der Waals surface area contributed by atoms with Crippen molar-refractivity contribution in [2.45, 2.75) is 25.8 Å². The van der Waals surface area contributed by atoms with Crippen LogP contribution in [0.4, 0.5) is 0 Å². The van der Waals surface area contributed by atoms with Gasteiger partial charge in [-0.05, 0) is 12.3 Å². The van der Waals surface area contributed by atoms with Gasteiger partial charge in [0.1, 0.15) is 5.56 Å². The molecule has 0 radical (unpaired) electrons. The van der Waals surface area contributed by atoms with E-state index in [1.807, 2.05) is 0 Å². The van der Waals surface area contributed by atoms with Crippen molar-refractivity contribution in [2.24, 2.45) is 5.92 Å². The lowest BCUT2D eigenvalue weighted by Gasteiger charge is -2.05. The fourth-order valence-electron chi connectivity index (χ4n) is 1.56. The van der Waals surface area contributed by atoms with Crippen LogP contribution in [-0.4, -0.2) is 15.6 Å². The van der Waals surface area contributed by atoms with Gasteiger partial charge in [0.15, 0.2) is 5.43 Å². The number of aryl methyl sites for hydroxylation is 1. The molecule has 80 valence electrons. The van der Waals surface area contributed by atoms with Crippen LogP contribution in [0.15, 0.2) is 23.3 Å². The fraction of sp³-hybridized carbons (Fsp3) is 0.455. The van der Waals surface area contributed by atoms with Crippen LogP contribution in [0.5, 0.6) is 0 Å². The minimum absolute atomic E-state index is 0.145. The van der Waals surface area contributed by atoms with Crippen LogP contribution in [-0.2, 0) is 6.54 Å². The van der Waals surface area contributed by atoms with Crippen LogP contribution in [0.25, 0.3) is 0 Å². The lowest BCUT2D eigenvalue weighted by molar-refractivity contribution is 0.0694. The van der Waals surface area contributed by atoms with E-state index in [4.69, 9.17) is 5.11 Å². The molecule has 1 fully saturated rings. The molecule has 1 aromatic heterocycles. The van der Waals surface area contributed by atoms with E-state index in [9.17, 15) is 9.59 Å². The summed E-state index contributed by atoms with van der Waals surface area (Å²) in [6, 6.07) is 1.32. The average Bonchev–Trinajstić information content (AvgIpc) is 3.00. The number of rotatable bonds is 4.